The molecular weight excluding hydrogens is 298 g/mol. The molecule has 0 aliphatic rings. The molecule has 0 saturated carbocycles. The van der Waals surface area contributed by atoms with E-state index in [1.807, 2.05) is 45.0 Å². The molecule has 0 bridgehead atoms. The summed E-state index contributed by atoms with van der Waals surface area (Å²) in [7, 11) is 0. The molecule has 2 aromatic rings. The van der Waals surface area contributed by atoms with Gasteiger partial charge < -0.3 is 5.32 Å². The second-order valence-corrected chi connectivity index (χ2v) is 6.83. The maximum atomic E-state index is 12.4. The minimum absolute atomic E-state index is 0.0328. The van der Waals surface area contributed by atoms with Crippen molar-refractivity contribution in [1.29, 1.82) is 0 Å². The number of aromatic amines is 1. The molecule has 0 fully saturated rings. The van der Waals surface area contributed by atoms with Gasteiger partial charge in [0, 0.05) is 16.0 Å². The van der Waals surface area contributed by atoms with Crippen molar-refractivity contribution in [2.24, 2.45) is 5.41 Å². The molecule has 22 heavy (non-hydrogen) atoms. The average molecular weight is 320 g/mol. The molecule has 0 aliphatic heterocycles. The molecule has 5 heteroatoms. The van der Waals surface area contributed by atoms with Crippen LogP contribution in [0.2, 0.25) is 5.02 Å². The van der Waals surface area contributed by atoms with E-state index in [4.69, 9.17) is 11.6 Å². The standard InChI is InChI=1S/C17H22ClN3O/c1-5-7-13-15(19-16(22)17(2,3)4)14(21-20-13)11-8-6-9-12(18)10-11/h6,8-10H,5,7H2,1-4H3,(H,19,22)(H,20,21). The van der Waals surface area contributed by atoms with E-state index in [1.54, 1.807) is 0 Å². The Morgan fingerprint density at radius 2 is 2.09 bits per heavy atom. The van der Waals surface area contributed by atoms with Gasteiger partial charge in [-0.2, -0.15) is 5.10 Å². The SMILES string of the molecule is CCCc1[nH]nc(-c2cccc(Cl)c2)c1NC(=O)C(C)(C)C. The van der Waals surface area contributed by atoms with Crippen molar-refractivity contribution in [3.63, 3.8) is 0 Å². The van der Waals surface area contributed by atoms with Crippen LogP contribution in [0.1, 0.15) is 39.8 Å². The summed E-state index contributed by atoms with van der Waals surface area (Å²) in [6.45, 7) is 7.76. The van der Waals surface area contributed by atoms with Crippen LogP contribution in [-0.4, -0.2) is 16.1 Å². The Labute approximate surface area is 136 Å². The zero-order valence-electron chi connectivity index (χ0n) is 13.5. The van der Waals surface area contributed by atoms with E-state index in [1.165, 1.54) is 0 Å². The lowest BCUT2D eigenvalue weighted by Crippen LogP contribution is -2.28. The van der Waals surface area contributed by atoms with Gasteiger partial charge in [0.15, 0.2) is 0 Å². The zero-order chi connectivity index (χ0) is 16.3. The largest absolute Gasteiger partial charge is 0.322 e. The Kier molecular flexibility index (Phi) is 4.91. The molecule has 1 amide bonds. The van der Waals surface area contributed by atoms with Crippen LogP contribution in [0.3, 0.4) is 0 Å². The molecule has 1 aromatic heterocycles. The van der Waals surface area contributed by atoms with Gasteiger partial charge in [0.05, 0.1) is 11.4 Å². The predicted octanol–water partition coefficient (Wildman–Crippen LogP) is 4.67. The monoisotopic (exact) mass is 319 g/mol. The van der Waals surface area contributed by atoms with E-state index < -0.39 is 5.41 Å². The first-order valence-electron chi connectivity index (χ1n) is 7.47. The highest BCUT2D eigenvalue weighted by Crippen LogP contribution is 2.32. The van der Waals surface area contributed by atoms with E-state index in [2.05, 4.69) is 22.4 Å². The summed E-state index contributed by atoms with van der Waals surface area (Å²) in [5.74, 6) is -0.0328. The highest BCUT2D eigenvalue weighted by atomic mass is 35.5. The van der Waals surface area contributed by atoms with E-state index in [-0.39, 0.29) is 5.91 Å². The lowest BCUT2D eigenvalue weighted by Gasteiger charge is -2.18. The van der Waals surface area contributed by atoms with Crippen LogP contribution >= 0.6 is 11.6 Å². The van der Waals surface area contributed by atoms with Gasteiger partial charge in [-0.05, 0) is 18.6 Å². The van der Waals surface area contributed by atoms with E-state index in [0.717, 1.165) is 35.5 Å². The van der Waals surface area contributed by atoms with Crippen molar-refractivity contribution < 1.29 is 4.79 Å². The Balaban J connectivity index is 2.45. The van der Waals surface area contributed by atoms with Gasteiger partial charge in [-0.1, -0.05) is 57.8 Å². The molecule has 1 aromatic carbocycles. The number of H-pyrrole nitrogens is 1. The number of benzene rings is 1. The first-order chi connectivity index (χ1) is 10.3. The number of hydrogen-bond donors (Lipinski definition) is 2. The summed E-state index contributed by atoms with van der Waals surface area (Å²) in [6, 6.07) is 7.48. The van der Waals surface area contributed by atoms with Gasteiger partial charge in [-0.25, -0.2) is 0 Å². The maximum absolute atomic E-state index is 12.4. The normalized spacial score (nSPS) is 11.5. The second kappa shape index (κ2) is 6.53. The molecular formula is C17H22ClN3O. The van der Waals surface area contributed by atoms with Gasteiger partial charge in [-0.3, -0.25) is 9.89 Å². The third-order valence-corrected chi connectivity index (χ3v) is 3.59. The van der Waals surface area contributed by atoms with Crippen LogP contribution < -0.4 is 5.32 Å². The van der Waals surface area contributed by atoms with E-state index >= 15 is 0 Å². The zero-order valence-corrected chi connectivity index (χ0v) is 14.2. The van der Waals surface area contributed by atoms with E-state index in [9.17, 15) is 4.79 Å². The number of carbonyl (C=O) groups is 1. The summed E-state index contributed by atoms with van der Waals surface area (Å²) in [6.07, 6.45) is 1.79. The number of aryl methyl sites for hydroxylation is 1. The van der Waals surface area contributed by atoms with Crippen LogP contribution in [0.4, 0.5) is 5.69 Å². The first kappa shape index (κ1) is 16.6. The molecule has 0 aliphatic carbocycles. The van der Waals surface area contributed by atoms with Gasteiger partial charge in [0.1, 0.15) is 5.69 Å². The number of hydrogen-bond acceptors (Lipinski definition) is 2. The third-order valence-electron chi connectivity index (χ3n) is 3.36. The smallest absolute Gasteiger partial charge is 0.229 e. The van der Waals surface area contributed by atoms with Crippen molar-refractivity contribution in [2.45, 2.75) is 40.5 Å². The molecule has 4 nitrogen and oxygen atoms in total. The van der Waals surface area contributed by atoms with Crippen LogP contribution in [0, 0.1) is 5.41 Å². The van der Waals surface area contributed by atoms with Gasteiger partial charge >= 0.3 is 0 Å². The number of rotatable bonds is 4. The third kappa shape index (κ3) is 3.69. The number of amides is 1. The van der Waals surface area contributed by atoms with Crippen LogP contribution in [0.25, 0.3) is 11.3 Å². The topological polar surface area (TPSA) is 57.8 Å². The quantitative estimate of drug-likeness (QED) is 0.860. The minimum Gasteiger partial charge on any atom is -0.322 e. The van der Waals surface area contributed by atoms with Crippen LogP contribution in [0.15, 0.2) is 24.3 Å². The van der Waals surface area contributed by atoms with Crippen molar-refractivity contribution in [1.82, 2.24) is 10.2 Å². The van der Waals surface area contributed by atoms with Crippen molar-refractivity contribution >= 4 is 23.2 Å². The molecule has 0 unspecified atom stereocenters. The predicted molar refractivity (Wildman–Crippen MR) is 91.1 cm³/mol. The summed E-state index contributed by atoms with van der Waals surface area (Å²) in [4.78, 5) is 12.4. The average Bonchev–Trinajstić information content (AvgIpc) is 2.81. The lowest BCUT2D eigenvalue weighted by molar-refractivity contribution is -0.123. The van der Waals surface area contributed by atoms with Crippen LogP contribution in [-0.2, 0) is 11.2 Å². The number of aromatic nitrogens is 2. The lowest BCUT2D eigenvalue weighted by atomic mass is 9.95. The molecule has 2 rings (SSSR count). The molecule has 118 valence electrons. The maximum Gasteiger partial charge on any atom is 0.229 e. The molecule has 0 radical (unpaired) electrons. The van der Waals surface area contributed by atoms with Gasteiger partial charge in [-0.15, -0.1) is 0 Å². The molecule has 0 spiro atoms. The number of halogens is 1. The molecule has 2 N–H and O–H groups in total. The molecule has 0 atom stereocenters. The number of carbonyl (C=O) groups excluding carboxylic acids is 1. The fraction of sp³-hybridized carbons (Fsp3) is 0.412. The Morgan fingerprint density at radius 3 is 2.68 bits per heavy atom. The highest BCUT2D eigenvalue weighted by Gasteiger charge is 2.25. The minimum atomic E-state index is -0.466. The number of nitrogens with zero attached hydrogens (tertiary/aromatic N) is 1. The summed E-state index contributed by atoms with van der Waals surface area (Å²) in [5.41, 5.74) is 2.84. The van der Waals surface area contributed by atoms with Crippen LogP contribution in [0.5, 0.6) is 0 Å². The summed E-state index contributed by atoms with van der Waals surface area (Å²) in [5, 5.41) is 11.1. The summed E-state index contributed by atoms with van der Waals surface area (Å²) >= 11 is 6.07. The Bertz CT molecular complexity index is 671. The Hall–Kier alpha value is -1.81. The summed E-state index contributed by atoms with van der Waals surface area (Å²) < 4.78 is 0. The van der Waals surface area contributed by atoms with Gasteiger partial charge in [0.2, 0.25) is 5.91 Å². The molecule has 0 saturated heterocycles. The fourth-order valence-electron chi connectivity index (χ4n) is 2.09. The fourth-order valence-corrected chi connectivity index (χ4v) is 2.28. The number of anilines is 1. The number of nitrogens with one attached hydrogen (secondary N) is 2. The van der Waals surface area contributed by atoms with E-state index in [0.29, 0.717) is 5.02 Å². The highest BCUT2D eigenvalue weighted by molar-refractivity contribution is 6.30. The van der Waals surface area contributed by atoms with Crippen molar-refractivity contribution in [3.8, 4) is 11.3 Å². The Morgan fingerprint density at radius 1 is 1.36 bits per heavy atom. The first-order valence-corrected chi connectivity index (χ1v) is 7.85. The van der Waals surface area contributed by atoms with Gasteiger partial charge in [0.25, 0.3) is 0 Å². The van der Waals surface area contributed by atoms with Crippen molar-refractivity contribution in [2.75, 3.05) is 5.32 Å². The second-order valence-electron chi connectivity index (χ2n) is 6.39. The molecule has 1 heterocycles. The van der Waals surface area contributed by atoms with Crippen molar-refractivity contribution in [3.05, 3.63) is 35.0 Å².